The standard InChI is InChI=1S/C18H20F2IN4P/c1-17-8-14-11(7-15(17)18(17,19)20)16(24-25(14)26-21)13-5-9-3-4-10(22-2)6-12(9)23-13/h3-6,15-16,22-24,26H,7-8H2,1-2H3. The number of H-pyrrole nitrogens is 1. The first-order valence-corrected chi connectivity index (χ1v) is 12.8. The number of nitrogens with one attached hydrogen (secondary N) is 3. The van der Waals surface area contributed by atoms with Crippen LogP contribution in [0.4, 0.5) is 14.5 Å². The average molecular weight is 488 g/mol. The largest absolute Gasteiger partial charge is 0.388 e. The summed E-state index contributed by atoms with van der Waals surface area (Å²) in [4.78, 5) is 3.50. The van der Waals surface area contributed by atoms with Crippen LogP contribution in [0.15, 0.2) is 35.5 Å². The van der Waals surface area contributed by atoms with Crippen molar-refractivity contribution in [2.24, 2.45) is 11.3 Å². The number of anilines is 1. The highest BCUT2D eigenvalue weighted by Crippen LogP contribution is 2.74. The highest BCUT2D eigenvalue weighted by molar-refractivity contribution is 14.2. The van der Waals surface area contributed by atoms with Gasteiger partial charge in [-0.2, -0.15) is 0 Å². The predicted octanol–water partition coefficient (Wildman–Crippen LogP) is 5.33. The zero-order valence-corrected chi connectivity index (χ0v) is 17.6. The van der Waals surface area contributed by atoms with Crippen molar-refractivity contribution in [3.8, 4) is 0 Å². The molecule has 0 amide bonds. The van der Waals surface area contributed by atoms with Crippen LogP contribution in [0.25, 0.3) is 10.9 Å². The highest BCUT2D eigenvalue weighted by atomic mass is 127. The van der Waals surface area contributed by atoms with E-state index in [1.54, 1.807) is 6.92 Å². The number of halogens is 3. The molecule has 4 unspecified atom stereocenters. The fourth-order valence-corrected chi connectivity index (χ4v) is 6.45. The number of aromatic nitrogens is 1. The van der Waals surface area contributed by atoms with E-state index in [2.05, 4.69) is 60.7 Å². The molecule has 2 aromatic rings. The lowest BCUT2D eigenvalue weighted by molar-refractivity contribution is 0.0617. The van der Waals surface area contributed by atoms with Crippen LogP contribution in [0.2, 0.25) is 0 Å². The van der Waals surface area contributed by atoms with Crippen molar-refractivity contribution in [3.63, 3.8) is 0 Å². The van der Waals surface area contributed by atoms with E-state index in [9.17, 15) is 8.78 Å². The maximum Gasteiger partial charge on any atom is 0.258 e. The number of hydrazine groups is 1. The molecule has 2 heterocycles. The van der Waals surface area contributed by atoms with Crippen molar-refractivity contribution in [1.29, 1.82) is 0 Å². The van der Waals surface area contributed by atoms with E-state index < -0.39 is 17.3 Å². The molecular formula is C18H20F2IN4P. The molecule has 3 N–H and O–H groups in total. The van der Waals surface area contributed by atoms with E-state index in [0.29, 0.717) is 19.2 Å². The van der Waals surface area contributed by atoms with Gasteiger partial charge in [0, 0.05) is 47.4 Å². The summed E-state index contributed by atoms with van der Waals surface area (Å²) in [5.41, 5.74) is 8.05. The highest BCUT2D eigenvalue weighted by Gasteiger charge is 2.79. The van der Waals surface area contributed by atoms with Gasteiger partial charge in [0.2, 0.25) is 0 Å². The molecule has 1 saturated carbocycles. The Morgan fingerprint density at radius 2 is 2.15 bits per heavy atom. The number of fused-ring (bicyclic) bond motifs is 2. The molecule has 1 aliphatic heterocycles. The molecule has 1 aromatic heterocycles. The minimum absolute atomic E-state index is 0.0429. The smallest absolute Gasteiger partial charge is 0.258 e. The summed E-state index contributed by atoms with van der Waals surface area (Å²) in [6, 6.07) is 8.29. The maximum atomic E-state index is 14.3. The monoisotopic (exact) mass is 488 g/mol. The van der Waals surface area contributed by atoms with Crippen LogP contribution in [-0.4, -0.2) is 22.7 Å². The third-order valence-electron chi connectivity index (χ3n) is 6.42. The van der Waals surface area contributed by atoms with Crippen LogP contribution >= 0.6 is 28.4 Å². The van der Waals surface area contributed by atoms with Crippen molar-refractivity contribution in [1.82, 2.24) is 15.2 Å². The van der Waals surface area contributed by atoms with E-state index in [1.807, 2.05) is 13.1 Å². The number of alkyl halides is 2. The summed E-state index contributed by atoms with van der Waals surface area (Å²) < 4.78 is 30.7. The molecule has 26 heavy (non-hydrogen) atoms. The summed E-state index contributed by atoms with van der Waals surface area (Å²) >= 11 is 2.32. The van der Waals surface area contributed by atoms with Crippen molar-refractivity contribution in [3.05, 3.63) is 41.2 Å². The van der Waals surface area contributed by atoms with E-state index in [0.717, 1.165) is 33.6 Å². The van der Waals surface area contributed by atoms with Gasteiger partial charge in [0.25, 0.3) is 5.92 Å². The fourth-order valence-electron chi connectivity index (χ4n) is 4.65. The van der Waals surface area contributed by atoms with Crippen molar-refractivity contribution in [2.45, 2.75) is 31.7 Å². The molecule has 138 valence electrons. The lowest BCUT2D eigenvalue weighted by atomic mass is 9.85. The SMILES string of the molecule is CNc1ccc2cc(C3NN(PI)C4=C3CC3C(F)(F)C3(C)C4)[nH]c2c1. The molecule has 0 saturated heterocycles. The molecule has 8 heteroatoms. The topological polar surface area (TPSA) is 43.1 Å². The number of nitrogens with zero attached hydrogens (tertiary/aromatic N) is 1. The van der Waals surface area contributed by atoms with Gasteiger partial charge in [-0.25, -0.2) is 14.2 Å². The van der Waals surface area contributed by atoms with Gasteiger partial charge in [-0.1, -0.05) is 13.0 Å². The van der Waals surface area contributed by atoms with Crippen LogP contribution in [0.3, 0.4) is 0 Å². The summed E-state index contributed by atoms with van der Waals surface area (Å²) in [5.74, 6) is -3.06. The molecule has 5 rings (SSSR count). The molecule has 4 atom stereocenters. The van der Waals surface area contributed by atoms with Crippen LogP contribution < -0.4 is 10.7 Å². The molecular weight excluding hydrogens is 468 g/mol. The van der Waals surface area contributed by atoms with Gasteiger partial charge < -0.3 is 10.3 Å². The molecule has 1 aromatic carbocycles. The zero-order chi connectivity index (χ0) is 18.3. The Kier molecular flexibility index (Phi) is 3.67. The summed E-state index contributed by atoms with van der Waals surface area (Å²) in [6.07, 6.45) is 1.42. The first-order valence-electron chi connectivity index (χ1n) is 8.72. The summed E-state index contributed by atoms with van der Waals surface area (Å²) in [6.45, 7) is 1.74. The van der Waals surface area contributed by atoms with E-state index in [4.69, 9.17) is 0 Å². The molecule has 0 bridgehead atoms. The van der Waals surface area contributed by atoms with E-state index in [-0.39, 0.29) is 6.04 Å². The number of hydrogen-bond acceptors (Lipinski definition) is 3. The number of hydrogen-bond donors (Lipinski definition) is 3. The van der Waals surface area contributed by atoms with Crippen molar-refractivity contribution in [2.75, 3.05) is 12.4 Å². The van der Waals surface area contributed by atoms with Gasteiger partial charge in [-0.3, -0.25) is 4.78 Å². The lowest BCUT2D eigenvalue weighted by Crippen LogP contribution is -2.27. The Labute approximate surface area is 165 Å². The molecule has 3 aliphatic rings. The second-order valence-electron chi connectivity index (χ2n) is 7.70. The molecule has 4 nitrogen and oxygen atoms in total. The normalized spacial score (nSPS) is 32.4. The Balaban J connectivity index is 1.54. The number of rotatable bonds is 3. The second kappa shape index (κ2) is 5.55. The Morgan fingerprint density at radius 1 is 1.35 bits per heavy atom. The molecule has 0 spiro atoms. The van der Waals surface area contributed by atoms with Crippen LogP contribution in [-0.2, 0) is 0 Å². The fraction of sp³-hybridized carbons (Fsp3) is 0.444. The first-order chi connectivity index (χ1) is 12.4. The van der Waals surface area contributed by atoms with Crippen molar-refractivity contribution >= 4 is 45.0 Å². The van der Waals surface area contributed by atoms with Gasteiger partial charge in [-0.15, -0.1) is 0 Å². The van der Waals surface area contributed by atoms with Gasteiger partial charge in [0.15, 0.2) is 0 Å². The summed E-state index contributed by atoms with van der Waals surface area (Å²) in [7, 11) is 1.90. The van der Waals surface area contributed by atoms with Gasteiger partial charge in [0.1, 0.15) is 0 Å². The summed E-state index contributed by atoms with van der Waals surface area (Å²) in [5, 5.41) is 4.28. The number of benzene rings is 1. The third kappa shape index (κ3) is 2.17. The van der Waals surface area contributed by atoms with Gasteiger partial charge >= 0.3 is 0 Å². The van der Waals surface area contributed by atoms with Crippen LogP contribution in [0.1, 0.15) is 31.5 Å². The predicted molar refractivity (Wildman–Crippen MR) is 111 cm³/mol. The maximum absolute atomic E-state index is 14.3. The zero-order valence-electron chi connectivity index (χ0n) is 14.5. The number of aromatic amines is 1. The molecule has 1 fully saturated rings. The van der Waals surface area contributed by atoms with E-state index in [1.165, 1.54) is 0 Å². The van der Waals surface area contributed by atoms with Crippen LogP contribution in [0, 0.1) is 11.3 Å². The van der Waals surface area contributed by atoms with E-state index >= 15 is 0 Å². The third-order valence-corrected chi connectivity index (χ3v) is 8.43. The van der Waals surface area contributed by atoms with Crippen LogP contribution in [0.5, 0.6) is 0 Å². The minimum Gasteiger partial charge on any atom is -0.388 e. The first kappa shape index (κ1) is 17.2. The Morgan fingerprint density at radius 3 is 2.88 bits per heavy atom. The van der Waals surface area contributed by atoms with Crippen molar-refractivity contribution < 1.29 is 8.78 Å². The molecule has 0 radical (unpaired) electrons. The average Bonchev–Trinajstić information content (AvgIpc) is 3.00. The minimum atomic E-state index is -2.54. The Hall–Kier alpha value is -0.920. The molecule has 2 aliphatic carbocycles. The second-order valence-corrected chi connectivity index (χ2v) is 9.77. The van der Waals surface area contributed by atoms with Gasteiger partial charge in [-0.05, 0) is 57.6 Å². The quantitative estimate of drug-likeness (QED) is 0.404. The van der Waals surface area contributed by atoms with Gasteiger partial charge in [0.05, 0.1) is 12.4 Å². The lowest BCUT2D eigenvalue weighted by Gasteiger charge is -2.24. The Bertz CT molecular complexity index is 942. The number of allylic oxidation sites excluding steroid dienone is 1.